The molecule has 2 rings (SSSR count). The number of piperidine rings is 1. The second-order valence-corrected chi connectivity index (χ2v) is 7.20. The maximum Gasteiger partial charge on any atom is 0.00360 e. The van der Waals surface area contributed by atoms with E-state index < -0.39 is 0 Å². The molecule has 0 amide bonds. The Kier molecular flexibility index (Phi) is 6.15. The predicted molar refractivity (Wildman–Crippen MR) is 83.5 cm³/mol. The Hall–Kier alpha value is -0.0800. The fourth-order valence-corrected chi connectivity index (χ4v) is 4.42. The van der Waals surface area contributed by atoms with Gasteiger partial charge in [-0.3, -0.25) is 0 Å². The number of hydrogen-bond donors (Lipinski definition) is 1. The van der Waals surface area contributed by atoms with E-state index >= 15 is 0 Å². The highest BCUT2D eigenvalue weighted by Gasteiger charge is 2.32. The molecule has 1 heterocycles. The SMILES string of the molecule is CCCC1(CN(C)CC2CCCCC2)CCNCC1. The zero-order chi connectivity index (χ0) is 13.6. The predicted octanol–water partition coefficient (Wildman–Crippen LogP) is 3.67. The molecule has 2 aliphatic rings. The van der Waals surface area contributed by atoms with Gasteiger partial charge in [0.15, 0.2) is 0 Å². The van der Waals surface area contributed by atoms with Crippen LogP contribution >= 0.6 is 0 Å². The molecule has 0 aromatic rings. The lowest BCUT2D eigenvalue weighted by Crippen LogP contribution is -2.44. The quantitative estimate of drug-likeness (QED) is 0.789. The minimum Gasteiger partial charge on any atom is -0.317 e. The molecule has 2 heteroatoms. The third-order valence-electron chi connectivity index (χ3n) is 5.34. The first-order valence-corrected chi connectivity index (χ1v) is 8.63. The second kappa shape index (κ2) is 7.64. The molecule has 0 bridgehead atoms. The van der Waals surface area contributed by atoms with Crippen LogP contribution < -0.4 is 5.32 Å². The van der Waals surface area contributed by atoms with Crippen molar-refractivity contribution in [3.8, 4) is 0 Å². The summed E-state index contributed by atoms with van der Waals surface area (Å²) in [4.78, 5) is 2.66. The van der Waals surface area contributed by atoms with Gasteiger partial charge in [0.25, 0.3) is 0 Å². The summed E-state index contributed by atoms with van der Waals surface area (Å²) in [6.45, 7) is 7.50. The van der Waals surface area contributed by atoms with Gasteiger partial charge in [-0.25, -0.2) is 0 Å². The first kappa shape index (κ1) is 15.3. The number of nitrogens with one attached hydrogen (secondary N) is 1. The van der Waals surface area contributed by atoms with E-state index in [0.717, 1.165) is 5.92 Å². The van der Waals surface area contributed by atoms with Crippen molar-refractivity contribution in [3.05, 3.63) is 0 Å². The van der Waals surface area contributed by atoms with Crippen LogP contribution in [0.2, 0.25) is 0 Å². The minimum absolute atomic E-state index is 0.615. The highest BCUT2D eigenvalue weighted by Crippen LogP contribution is 2.35. The van der Waals surface area contributed by atoms with Crippen LogP contribution in [-0.2, 0) is 0 Å². The maximum absolute atomic E-state index is 3.53. The van der Waals surface area contributed by atoms with Gasteiger partial charge < -0.3 is 10.2 Å². The largest absolute Gasteiger partial charge is 0.317 e. The van der Waals surface area contributed by atoms with E-state index in [1.54, 1.807) is 0 Å². The fourth-order valence-electron chi connectivity index (χ4n) is 4.42. The summed E-state index contributed by atoms with van der Waals surface area (Å²) < 4.78 is 0. The molecule has 0 aromatic heterocycles. The molecule has 0 radical (unpaired) electrons. The molecule has 1 aliphatic carbocycles. The molecule has 19 heavy (non-hydrogen) atoms. The van der Waals surface area contributed by atoms with Crippen molar-refractivity contribution < 1.29 is 0 Å². The Morgan fingerprint density at radius 1 is 1.11 bits per heavy atom. The number of hydrogen-bond acceptors (Lipinski definition) is 2. The molecule has 0 atom stereocenters. The molecule has 1 aliphatic heterocycles. The van der Waals surface area contributed by atoms with Gasteiger partial charge >= 0.3 is 0 Å². The van der Waals surface area contributed by atoms with E-state index in [1.165, 1.54) is 84.0 Å². The lowest BCUT2D eigenvalue weighted by molar-refractivity contribution is 0.101. The first-order valence-electron chi connectivity index (χ1n) is 8.63. The summed E-state index contributed by atoms with van der Waals surface area (Å²) in [6, 6.07) is 0. The number of rotatable bonds is 6. The molecular weight excluding hydrogens is 232 g/mol. The van der Waals surface area contributed by atoms with E-state index in [1.807, 2.05) is 0 Å². The van der Waals surface area contributed by atoms with Crippen molar-refractivity contribution in [1.29, 1.82) is 0 Å². The summed E-state index contributed by atoms with van der Waals surface area (Å²) in [5.74, 6) is 0.985. The Morgan fingerprint density at radius 2 is 1.79 bits per heavy atom. The first-order chi connectivity index (χ1) is 9.24. The van der Waals surface area contributed by atoms with Crippen LogP contribution in [0, 0.1) is 11.3 Å². The molecule has 1 saturated carbocycles. The van der Waals surface area contributed by atoms with Gasteiger partial charge in [-0.1, -0.05) is 32.6 Å². The lowest BCUT2D eigenvalue weighted by atomic mass is 9.75. The van der Waals surface area contributed by atoms with Crippen molar-refractivity contribution in [2.45, 2.75) is 64.7 Å². The van der Waals surface area contributed by atoms with Crippen LogP contribution in [0.3, 0.4) is 0 Å². The lowest BCUT2D eigenvalue weighted by Gasteiger charge is -2.41. The smallest absolute Gasteiger partial charge is 0.00360 e. The third-order valence-corrected chi connectivity index (χ3v) is 5.34. The van der Waals surface area contributed by atoms with Crippen LogP contribution in [0.5, 0.6) is 0 Å². The minimum atomic E-state index is 0.615. The maximum atomic E-state index is 3.53. The summed E-state index contributed by atoms with van der Waals surface area (Å²) >= 11 is 0. The normalized spacial score (nSPS) is 24.8. The zero-order valence-electron chi connectivity index (χ0n) is 13.2. The molecule has 2 nitrogen and oxygen atoms in total. The molecule has 1 N–H and O–H groups in total. The van der Waals surface area contributed by atoms with E-state index in [2.05, 4.69) is 24.2 Å². The highest BCUT2D eigenvalue weighted by molar-refractivity contribution is 4.87. The van der Waals surface area contributed by atoms with E-state index in [4.69, 9.17) is 0 Å². The van der Waals surface area contributed by atoms with Gasteiger partial charge in [0.2, 0.25) is 0 Å². The fraction of sp³-hybridized carbons (Fsp3) is 1.00. The molecule has 0 unspecified atom stereocenters. The molecule has 112 valence electrons. The van der Waals surface area contributed by atoms with Gasteiger partial charge in [0, 0.05) is 13.1 Å². The Balaban J connectivity index is 1.81. The number of nitrogens with zero attached hydrogens (tertiary/aromatic N) is 1. The average Bonchev–Trinajstić information content (AvgIpc) is 2.40. The molecule has 0 aromatic carbocycles. The Labute approximate surface area is 120 Å². The van der Waals surface area contributed by atoms with E-state index in [-0.39, 0.29) is 0 Å². The zero-order valence-corrected chi connectivity index (χ0v) is 13.2. The molecule has 0 spiro atoms. The third kappa shape index (κ3) is 4.75. The Bertz CT molecular complexity index is 234. The van der Waals surface area contributed by atoms with E-state index in [0.29, 0.717) is 5.41 Å². The van der Waals surface area contributed by atoms with Crippen LogP contribution in [0.4, 0.5) is 0 Å². The van der Waals surface area contributed by atoms with Crippen molar-refractivity contribution in [2.24, 2.45) is 11.3 Å². The topological polar surface area (TPSA) is 15.3 Å². The van der Waals surface area contributed by atoms with Crippen molar-refractivity contribution in [1.82, 2.24) is 10.2 Å². The highest BCUT2D eigenvalue weighted by atomic mass is 15.1. The summed E-state index contributed by atoms with van der Waals surface area (Å²) in [5.41, 5.74) is 0.615. The standard InChI is InChI=1S/C17H34N2/c1-3-9-17(10-12-18-13-11-17)15-19(2)14-16-7-5-4-6-8-16/h16,18H,3-15H2,1-2H3. The van der Waals surface area contributed by atoms with Crippen LogP contribution in [0.15, 0.2) is 0 Å². The Morgan fingerprint density at radius 3 is 2.42 bits per heavy atom. The van der Waals surface area contributed by atoms with E-state index in [9.17, 15) is 0 Å². The molecule has 1 saturated heterocycles. The van der Waals surface area contributed by atoms with Crippen LogP contribution in [0.25, 0.3) is 0 Å². The monoisotopic (exact) mass is 266 g/mol. The summed E-state index contributed by atoms with van der Waals surface area (Å²) in [7, 11) is 2.37. The average molecular weight is 266 g/mol. The summed E-state index contributed by atoms with van der Waals surface area (Å²) in [5, 5.41) is 3.53. The molecular formula is C17H34N2. The second-order valence-electron chi connectivity index (χ2n) is 7.20. The van der Waals surface area contributed by atoms with Gasteiger partial charge in [0.1, 0.15) is 0 Å². The van der Waals surface area contributed by atoms with Crippen molar-refractivity contribution in [3.63, 3.8) is 0 Å². The van der Waals surface area contributed by atoms with Crippen molar-refractivity contribution in [2.75, 3.05) is 33.2 Å². The van der Waals surface area contributed by atoms with Gasteiger partial charge in [-0.15, -0.1) is 0 Å². The van der Waals surface area contributed by atoms with Crippen molar-refractivity contribution >= 4 is 0 Å². The van der Waals surface area contributed by atoms with Gasteiger partial charge in [-0.2, -0.15) is 0 Å². The summed E-state index contributed by atoms with van der Waals surface area (Å²) in [6.07, 6.45) is 12.9. The van der Waals surface area contributed by atoms with Gasteiger partial charge in [-0.05, 0) is 63.6 Å². The molecule has 2 fully saturated rings. The van der Waals surface area contributed by atoms with Crippen LogP contribution in [-0.4, -0.2) is 38.1 Å². The van der Waals surface area contributed by atoms with Gasteiger partial charge in [0.05, 0.1) is 0 Å². The van der Waals surface area contributed by atoms with Crippen LogP contribution in [0.1, 0.15) is 64.7 Å².